The molecule has 0 atom stereocenters. The van der Waals surface area contributed by atoms with Crippen molar-refractivity contribution in [3.63, 3.8) is 0 Å². The summed E-state index contributed by atoms with van der Waals surface area (Å²) in [4.78, 5) is 34.4. The number of aromatic nitrogens is 2. The van der Waals surface area contributed by atoms with E-state index in [9.17, 15) is 14.4 Å². The van der Waals surface area contributed by atoms with E-state index in [1.54, 1.807) is 22.9 Å². The molecule has 0 radical (unpaired) electrons. The number of benzene rings is 1. The lowest BCUT2D eigenvalue weighted by molar-refractivity contribution is -0.136. The number of rotatable bonds is 4. The number of aliphatic carboxylic acids is 1. The fourth-order valence-electron chi connectivity index (χ4n) is 2.06. The van der Waals surface area contributed by atoms with Gasteiger partial charge in [0.15, 0.2) is 5.78 Å². The largest absolute Gasteiger partial charge is 0.481 e. The van der Waals surface area contributed by atoms with Crippen molar-refractivity contribution in [1.82, 2.24) is 9.78 Å². The van der Waals surface area contributed by atoms with Gasteiger partial charge in [-0.15, -0.1) is 0 Å². The highest BCUT2D eigenvalue weighted by Crippen LogP contribution is 2.14. The number of ketones is 1. The number of carboxylic acid groups (broad SMARTS) is 1. The number of carboxylic acids is 1. The van der Waals surface area contributed by atoms with Crippen molar-refractivity contribution in [2.75, 3.05) is 0 Å². The van der Waals surface area contributed by atoms with Gasteiger partial charge >= 0.3 is 5.97 Å². The van der Waals surface area contributed by atoms with E-state index in [2.05, 4.69) is 5.10 Å². The quantitative estimate of drug-likeness (QED) is 0.847. The highest BCUT2D eigenvalue weighted by atomic mass is 16.4. The molecule has 0 bridgehead atoms. The molecule has 0 aliphatic heterocycles. The first-order valence-corrected chi connectivity index (χ1v) is 6.20. The van der Waals surface area contributed by atoms with Crippen LogP contribution in [-0.2, 0) is 17.8 Å². The van der Waals surface area contributed by atoms with Crippen molar-refractivity contribution in [3.05, 3.63) is 39.7 Å². The Labute approximate surface area is 114 Å². The van der Waals surface area contributed by atoms with Gasteiger partial charge in [-0.2, -0.15) is 5.10 Å². The number of carbonyl (C=O) groups is 2. The Hall–Kier alpha value is -2.50. The van der Waals surface area contributed by atoms with Gasteiger partial charge in [0.05, 0.1) is 11.9 Å². The first kappa shape index (κ1) is 13.9. The van der Waals surface area contributed by atoms with Gasteiger partial charge in [0, 0.05) is 17.5 Å². The van der Waals surface area contributed by atoms with Crippen molar-refractivity contribution in [2.45, 2.75) is 26.8 Å². The molecule has 0 spiro atoms. The molecule has 1 aromatic carbocycles. The normalized spacial score (nSPS) is 10.7. The summed E-state index contributed by atoms with van der Waals surface area (Å²) in [5, 5.41) is 13.3. The lowest BCUT2D eigenvalue weighted by Crippen LogP contribution is -2.21. The summed E-state index contributed by atoms with van der Waals surface area (Å²) >= 11 is 0. The number of hydrogen-bond donors (Lipinski definition) is 1. The summed E-state index contributed by atoms with van der Waals surface area (Å²) in [6, 6.07) is 4.73. The fraction of sp³-hybridized carbons (Fsp3) is 0.286. The van der Waals surface area contributed by atoms with Gasteiger partial charge in [-0.25, -0.2) is 0 Å². The molecule has 20 heavy (non-hydrogen) atoms. The van der Waals surface area contributed by atoms with Crippen LogP contribution >= 0.6 is 0 Å². The molecule has 1 N–H and O–H groups in total. The van der Waals surface area contributed by atoms with Gasteiger partial charge in [-0.05, 0) is 26.0 Å². The zero-order chi connectivity index (χ0) is 14.9. The van der Waals surface area contributed by atoms with Crippen LogP contribution in [0.15, 0.2) is 23.0 Å². The molecule has 0 fully saturated rings. The van der Waals surface area contributed by atoms with E-state index in [0.29, 0.717) is 23.0 Å². The van der Waals surface area contributed by atoms with E-state index in [0.717, 1.165) is 0 Å². The van der Waals surface area contributed by atoms with Gasteiger partial charge in [-0.3, -0.25) is 19.1 Å². The minimum absolute atomic E-state index is 0.00225. The van der Waals surface area contributed by atoms with Gasteiger partial charge < -0.3 is 5.11 Å². The molecule has 1 heterocycles. The van der Waals surface area contributed by atoms with Crippen LogP contribution in [0.2, 0.25) is 0 Å². The van der Waals surface area contributed by atoms with Crippen LogP contribution in [0.25, 0.3) is 10.9 Å². The van der Waals surface area contributed by atoms with Gasteiger partial charge in [-0.1, -0.05) is 6.07 Å². The maximum atomic E-state index is 12.2. The zero-order valence-electron chi connectivity index (χ0n) is 11.2. The molecule has 0 saturated carbocycles. The third-order valence-electron chi connectivity index (χ3n) is 3.05. The predicted molar refractivity (Wildman–Crippen MR) is 73.0 cm³/mol. The van der Waals surface area contributed by atoms with Crippen LogP contribution < -0.4 is 5.43 Å². The fourth-order valence-corrected chi connectivity index (χ4v) is 2.06. The zero-order valence-corrected chi connectivity index (χ0v) is 11.2. The molecule has 0 amide bonds. The number of carbonyl (C=O) groups excluding carboxylic acids is 1. The Morgan fingerprint density at radius 3 is 2.60 bits per heavy atom. The number of nitrogens with zero attached hydrogens (tertiary/aromatic N) is 2. The molecule has 0 saturated heterocycles. The van der Waals surface area contributed by atoms with Crippen molar-refractivity contribution < 1.29 is 14.7 Å². The van der Waals surface area contributed by atoms with Crippen LogP contribution in [0.3, 0.4) is 0 Å². The van der Waals surface area contributed by atoms with Crippen LogP contribution in [-0.4, -0.2) is 26.6 Å². The summed E-state index contributed by atoms with van der Waals surface area (Å²) in [5.41, 5.74) is 0.635. The standard InChI is InChI=1S/C14H14N2O4/c1-3-16-12-6-9(8(2)17)4-5-10(12)14(20)11(15-16)7-13(18)19/h4-6H,3,7H2,1-2H3,(H,18,19). The van der Waals surface area contributed by atoms with E-state index < -0.39 is 17.8 Å². The Kier molecular flexibility index (Phi) is 3.65. The Morgan fingerprint density at radius 2 is 2.05 bits per heavy atom. The smallest absolute Gasteiger partial charge is 0.309 e. The third-order valence-corrected chi connectivity index (χ3v) is 3.05. The summed E-state index contributed by atoms with van der Waals surface area (Å²) in [6.45, 7) is 3.76. The van der Waals surface area contributed by atoms with E-state index in [1.165, 1.54) is 6.92 Å². The lowest BCUT2D eigenvalue weighted by atomic mass is 10.1. The topological polar surface area (TPSA) is 89.3 Å². The van der Waals surface area contributed by atoms with Gasteiger partial charge in [0.25, 0.3) is 0 Å². The van der Waals surface area contributed by atoms with Crippen molar-refractivity contribution in [2.24, 2.45) is 0 Å². The first-order valence-electron chi connectivity index (χ1n) is 6.20. The van der Waals surface area contributed by atoms with Gasteiger partial charge in [0.2, 0.25) is 5.43 Å². The second-order valence-corrected chi connectivity index (χ2v) is 4.45. The van der Waals surface area contributed by atoms with Crippen molar-refractivity contribution >= 4 is 22.7 Å². The number of aryl methyl sites for hydroxylation is 1. The number of hydrogen-bond acceptors (Lipinski definition) is 4. The molecular weight excluding hydrogens is 260 g/mol. The summed E-state index contributed by atoms with van der Waals surface area (Å²) in [6.07, 6.45) is -0.413. The Morgan fingerprint density at radius 1 is 1.35 bits per heavy atom. The van der Waals surface area contributed by atoms with E-state index in [4.69, 9.17) is 5.11 Å². The molecule has 0 aliphatic rings. The maximum absolute atomic E-state index is 12.2. The predicted octanol–water partition coefficient (Wildman–Crippen LogP) is 1.25. The van der Waals surface area contributed by atoms with Crippen LogP contribution in [0.4, 0.5) is 0 Å². The maximum Gasteiger partial charge on any atom is 0.309 e. The average molecular weight is 274 g/mol. The highest BCUT2D eigenvalue weighted by Gasteiger charge is 2.14. The summed E-state index contributed by atoms with van der Waals surface area (Å²) in [5.74, 6) is -1.20. The SMILES string of the molecule is CCn1nc(CC(=O)O)c(=O)c2ccc(C(C)=O)cc21. The van der Waals surface area contributed by atoms with Crippen molar-refractivity contribution in [1.29, 1.82) is 0 Å². The number of Topliss-reactive ketones (excluding diaryl/α,β-unsaturated/α-hetero) is 1. The Bertz CT molecular complexity index is 762. The molecule has 2 aromatic rings. The molecule has 1 aromatic heterocycles. The minimum atomic E-state index is -1.10. The van der Waals surface area contributed by atoms with Crippen LogP contribution in [0.5, 0.6) is 0 Å². The van der Waals surface area contributed by atoms with Crippen LogP contribution in [0.1, 0.15) is 29.9 Å². The molecule has 6 heteroatoms. The third kappa shape index (κ3) is 2.45. The van der Waals surface area contributed by atoms with Crippen LogP contribution in [0, 0.1) is 0 Å². The van der Waals surface area contributed by atoms with E-state index in [1.807, 2.05) is 6.92 Å². The van der Waals surface area contributed by atoms with Gasteiger partial charge in [0.1, 0.15) is 5.69 Å². The summed E-state index contributed by atoms with van der Waals surface area (Å²) in [7, 11) is 0. The molecule has 2 rings (SSSR count). The molecule has 104 valence electrons. The minimum Gasteiger partial charge on any atom is -0.481 e. The summed E-state index contributed by atoms with van der Waals surface area (Å²) < 4.78 is 1.54. The Balaban J connectivity index is 2.77. The van der Waals surface area contributed by atoms with E-state index >= 15 is 0 Å². The monoisotopic (exact) mass is 274 g/mol. The number of fused-ring (bicyclic) bond motifs is 1. The molecule has 6 nitrogen and oxygen atoms in total. The lowest BCUT2D eigenvalue weighted by Gasteiger charge is -2.10. The second kappa shape index (κ2) is 5.24. The molecule has 0 aliphatic carbocycles. The van der Waals surface area contributed by atoms with Crippen molar-refractivity contribution in [3.8, 4) is 0 Å². The molecule has 0 unspecified atom stereocenters. The highest BCUT2D eigenvalue weighted by molar-refractivity contribution is 5.97. The second-order valence-electron chi connectivity index (χ2n) is 4.45. The average Bonchev–Trinajstić information content (AvgIpc) is 2.40. The van der Waals surface area contributed by atoms with E-state index in [-0.39, 0.29) is 11.5 Å². The molecular formula is C14H14N2O4. The first-order chi connectivity index (χ1) is 9.43.